The van der Waals surface area contributed by atoms with Gasteiger partial charge in [0.05, 0.1) is 4.92 Å². The van der Waals surface area contributed by atoms with E-state index < -0.39 is 4.92 Å². The smallest absolute Gasteiger partial charge is 0.272 e. The third-order valence-corrected chi connectivity index (χ3v) is 4.74. The van der Waals surface area contributed by atoms with E-state index >= 15 is 0 Å². The first-order valence-electron chi connectivity index (χ1n) is 8.94. The number of ether oxygens (including phenoxy) is 1. The van der Waals surface area contributed by atoms with Crippen LogP contribution in [-0.4, -0.2) is 42.0 Å². The minimum Gasteiger partial charge on any atom is -0.490 e. The van der Waals surface area contributed by atoms with Gasteiger partial charge < -0.3 is 15.0 Å². The number of nitrogens with one attached hydrogen (secondary N) is 1. The Morgan fingerprint density at radius 1 is 1.19 bits per heavy atom. The Morgan fingerprint density at radius 2 is 1.85 bits per heavy atom. The molecule has 1 N–H and O–H groups in total. The van der Waals surface area contributed by atoms with Crippen molar-refractivity contribution in [3.63, 3.8) is 0 Å². The van der Waals surface area contributed by atoms with E-state index in [0.29, 0.717) is 16.8 Å². The molecule has 0 saturated carbocycles. The lowest BCUT2D eigenvalue weighted by Gasteiger charge is -2.29. The summed E-state index contributed by atoms with van der Waals surface area (Å²) in [6.45, 7) is 3.69. The number of carbonyl (C=O) groups excluding carboxylic acids is 1. The summed E-state index contributed by atoms with van der Waals surface area (Å²) in [5.41, 5.74) is 1.48. The van der Waals surface area contributed by atoms with Crippen molar-refractivity contribution in [3.05, 3.63) is 63.7 Å². The lowest BCUT2D eigenvalue weighted by Crippen LogP contribution is -2.35. The molecule has 7 nitrogen and oxygen atoms in total. The number of piperidine rings is 1. The van der Waals surface area contributed by atoms with E-state index in [4.69, 9.17) is 4.74 Å². The van der Waals surface area contributed by atoms with Gasteiger partial charge in [0.25, 0.3) is 11.6 Å². The zero-order chi connectivity index (χ0) is 19.4. The molecule has 1 amide bonds. The highest BCUT2D eigenvalue weighted by Gasteiger charge is 2.18. The van der Waals surface area contributed by atoms with Crippen molar-refractivity contribution in [2.75, 3.05) is 25.5 Å². The number of anilines is 1. The highest BCUT2D eigenvalue weighted by atomic mass is 16.6. The molecule has 1 saturated heterocycles. The van der Waals surface area contributed by atoms with Crippen LogP contribution in [0.2, 0.25) is 0 Å². The first-order chi connectivity index (χ1) is 12.9. The predicted octanol–water partition coefficient (Wildman–Crippen LogP) is 3.63. The molecule has 0 aromatic heterocycles. The molecule has 0 spiro atoms. The van der Waals surface area contributed by atoms with Gasteiger partial charge in [-0.2, -0.15) is 0 Å². The Bertz CT molecular complexity index is 828. The molecule has 1 aliphatic heterocycles. The summed E-state index contributed by atoms with van der Waals surface area (Å²) >= 11 is 0. The topological polar surface area (TPSA) is 84.7 Å². The molecule has 2 aromatic carbocycles. The van der Waals surface area contributed by atoms with Crippen LogP contribution in [0.3, 0.4) is 0 Å². The van der Waals surface area contributed by atoms with Gasteiger partial charge in [0.15, 0.2) is 0 Å². The zero-order valence-corrected chi connectivity index (χ0v) is 15.5. The summed E-state index contributed by atoms with van der Waals surface area (Å²) in [5.74, 6) is 0.478. The van der Waals surface area contributed by atoms with Crippen LogP contribution in [0.4, 0.5) is 11.4 Å². The fourth-order valence-corrected chi connectivity index (χ4v) is 3.12. The molecule has 142 valence electrons. The van der Waals surface area contributed by atoms with E-state index in [1.165, 1.54) is 18.2 Å². The van der Waals surface area contributed by atoms with Gasteiger partial charge in [0.1, 0.15) is 11.9 Å². The largest absolute Gasteiger partial charge is 0.490 e. The molecular formula is C20H23N3O4. The van der Waals surface area contributed by atoms with Gasteiger partial charge in [0, 0.05) is 36.0 Å². The molecule has 0 aliphatic carbocycles. The minimum absolute atomic E-state index is 0.00181. The molecule has 0 bridgehead atoms. The molecule has 27 heavy (non-hydrogen) atoms. The molecule has 1 heterocycles. The van der Waals surface area contributed by atoms with E-state index in [-0.39, 0.29) is 17.7 Å². The number of nitro benzene ring substituents is 1. The second-order valence-corrected chi connectivity index (χ2v) is 6.86. The summed E-state index contributed by atoms with van der Waals surface area (Å²) in [5, 5.41) is 13.7. The van der Waals surface area contributed by atoms with Crippen LogP contribution in [0.1, 0.15) is 28.8 Å². The third kappa shape index (κ3) is 4.83. The van der Waals surface area contributed by atoms with Crippen molar-refractivity contribution in [2.45, 2.75) is 25.9 Å². The fraction of sp³-hybridized carbons (Fsp3) is 0.350. The average molecular weight is 369 g/mol. The van der Waals surface area contributed by atoms with E-state index in [1.54, 1.807) is 19.1 Å². The molecule has 0 radical (unpaired) electrons. The number of hydrogen-bond acceptors (Lipinski definition) is 5. The first-order valence-corrected chi connectivity index (χ1v) is 8.94. The highest BCUT2D eigenvalue weighted by Crippen LogP contribution is 2.22. The second kappa shape index (κ2) is 8.18. The quantitative estimate of drug-likeness (QED) is 0.643. The molecule has 3 rings (SSSR count). The molecule has 0 unspecified atom stereocenters. The van der Waals surface area contributed by atoms with Gasteiger partial charge in [-0.15, -0.1) is 0 Å². The van der Waals surface area contributed by atoms with Crippen LogP contribution >= 0.6 is 0 Å². The molecular weight excluding hydrogens is 346 g/mol. The van der Waals surface area contributed by atoms with Crippen LogP contribution in [0.25, 0.3) is 0 Å². The molecule has 7 heteroatoms. The van der Waals surface area contributed by atoms with Crippen LogP contribution in [-0.2, 0) is 0 Å². The van der Waals surface area contributed by atoms with Crippen LogP contribution in [0.5, 0.6) is 5.75 Å². The van der Waals surface area contributed by atoms with Crippen molar-refractivity contribution in [2.24, 2.45) is 0 Å². The number of nitrogens with zero attached hydrogens (tertiary/aromatic N) is 2. The third-order valence-electron chi connectivity index (χ3n) is 4.74. The van der Waals surface area contributed by atoms with Crippen molar-refractivity contribution in [1.82, 2.24) is 4.90 Å². The second-order valence-electron chi connectivity index (χ2n) is 6.86. The van der Waals surface area contributed by atoms with Gasteiger partial charge in [-0.25, -0.2) is 0 Å². The van der Waals surface area contributed by atoms with Gasteiger partial charge in [0.2, 0.25) is 0 Å². The Labute approximate surface area is 158 Å². The van der Waals surface area contributed by atoms with Crippen molar-refractivity contribution in [3.8, 4) is 5.75 Å². The summed E-state index contributed by atoms with van der Waals surface area (Å²) < 4.78 is 6.00. The van der Waals surface area contributed by atoms with E-state index in [9.17, 15) is 14.9 Å². The van der Waals surface area contributed by atoms with E-state index in [2.05, 4.69) is 17.3 Å². The molecule has 1 fully saturated rings. The SMILES string of the molecule is Cc1cc(C(=O)Nc2ccc(OC3CCN(C)CC3)cc2)ccc1[N+](=O)[O-]. The first kappa shape index (κ1) is 18.8. The van der Waals surface area contributed by atoms with Crippen molar-refractivity contribution in [1.29, 1.82) is 0 Å². The number of nitro groups is 1. The number of carbonyl (C=O) groups is 1. The number of hydrogen-bond donors (Lipinski definition) is 1. The van der Waals surface area contributed by atoms with Gasteiger partial charge in [-0.3, -0.25) is 14.9 Å². The number of likely N-dealkylation sites (tertiary alicyclic amines) is 1. The maximum Gasteiger partial charge on any atom is 0.272 e. The number of rotatable bonds is 5. The van der Waals surface area contributed by atoms with Gasteiger partial charge in [-0.05, 0) is 63.2 Å². The normalized spacial score (nSPS) is 15.3. The Balaban J connectivity index is 1.60. The Kier molecular flexibility index (Phi) is 5.71. The maximum atomic E-state index is 12.4. The van der Waals surface area contributed by atoms with Crippen LogP contribution < -0.4 is 10.1 Å². The molecule has 2 aromatic rings. The monoisotopic (exact) mass is 369 g/mol. The number of amides is 1. The maximum absolute atomic E-state index is 12.4. The lowest BCUT2D eigenvalue weighted by molar-refractivity contribution is -0.385. The number of benzene rings is 2. The average Bonchev–Trinajstić information content (AvgIpc) is 2.64. The summed E-state index contributed by atoms with van der Waals surface area (Å²) in [6.07, 6.45) is 2.24. The molecule has 0 atom stereocenters. The van der Waals surface area contributed by atoms with Gasteiger partial charge in [-0.1, -0.05) is 0 Å². The predicted molar refractivity (Wildman–Crippen MR) is 103 cm³/mol. The lowest BCUT2D eigenvalue weighted by atomic mass is 10.1. The van der Waals surface area contributed by atoms with E-state index in [0.717, 1.165) is 31.7 Å². The summed E-state index contributed by atoms with van der Waals surface area (Å²) in [4.78, 5) is 25.1. The number of aryl methyl sites for hydroxylation is 1. The Morgan fingerprint density at radius 3 is 2.44 bits per heavy atom. The van der Waals surface area contributed by atoms with Gasteiger partial charge >= 0.3 is 0 Å². The Hall–Kier alpha value is -2.93. The summed E-state index contributed by atoms with van der Waals surface area (Å²) in [7, 11) is 2.11. The van der Waals surface area contributed by atoms with Crippen LogP contribution in [0, 0.1) is 17.0 Å². The van der Waals surface area contributed by atoms with Crippen LogP contribution in [0.15, 0.2) is 42.5 Å². The minimum atomic E-state index is -0.458. The fourth-order valence-electron chi connectivity index (χ4n) is 3.12. The summed E-state index contributed by atoms with van der Waals surface area (Å²) in [6, 6.07) is 11.6. The standard InChI is InChI=1S/C20H23N3O4/c1-14-13-15(3-8-19(14)23(25)26)20(24)21-16-4-6-17(7-5-16)27-18-9-11-22(2)12-10-18/h3-8,13,18H,9-12H2,1-2H3,(H,21,24). The van der Waals surface area contributed by atoms with E-state index in [1.807, 2.05) is 12.1 Å². The van der Waals surface area contributed by atoms with Crippen molar-refractivity contribution >= 4 is 17.3 Å². The zero-order valence-electron chi connectivity index (χ0n) is 15.5. The highest BCUT2D eigenvalue weighted by molar-refractivity contribution is 6.04. The van der Waals surface area contributed by atoms with Crippen molar-refractivity contribution < 1.29 is 14.5 Å². The molecule has 1 aliphatic rings.